The van der Waals surface area contributed by atoms with Crippen molar-refractivity contribution in [3.8, 4) is 0 Å². The summed E-state index contributed by atoms with van der Waals surface area (Å²) in [4.78, 5) is 0. The predicted molar refractivity (Wildman–Crippen MR) is 71.0 cm³/mol. The molecule has 0 heterocycles. The molecule has 0 saturated carbocycles. The second-order valence-electron chi connectivity index (χ2n) is 4.90. The van der Waals surface area contributed by atoms with E-state index in [2.05, 4.69) is 0 Å². The molecule has 0 aliphatic carbocycles. The van der Waals surface area contributed by atoms with Crippen molar-refractivity contribution in [3.63, 3.8) is 0 Å². The van der Waals surface area contributed by atoms with Gasteiger partial charge in [0, 0.05) is 0 Å². The molecule has 1 unspecified atom stereocenters. The summed E-state index contributed by atoms with van der Waals surface area (Å²) >= 11 is 0. The monoisotopic (exact) mass is 244 g/mol. The van der Waals surface area contributed by atoms with Gasteiger partial charge < -0.3 is 5.11 Å². The Kier molecular flexibility index (Phi) is 3.22. The summed E-state index contributed by atoms with van der Waals surface area (Å²) in [5, 5.41) is 10.6. The minimum atomic E-state index is -1.18. The van der Waals surface area contributed by atoms with Gasteiger partial charge in [-0.05, 0) is 43.5 Å². The molecule has 2 aromatic carbocycles. The van der Waals surface area contributed by atoms with E-state index < -0.39 is 5.60 Å². The number of benzene rings is 2. The summed E-state index contributed by atoms with van der Waals surface area (Å²) in [6, 6.07) is 12.5. The van der Waals surface area contributed by atoms with Gasteiger partial charge in [0.15, 0.2) is 0 Å². The van der Waals surface area contributed by atoms with Gasteiger partial charge >= 0.3 is 0 Å². The molecule has 2 rings (SSSR count). The van der Waals surface area contributed by atoms with Crippen molar-refractivity contribution in [2.45, 2.75) is 26.4 Å². The molecule has 0 saturated heterocycles. The highest BCUT2D eigenvalue weighted by atomic mass is 19.1. The number of hydrogen-bond acceptors (Lipinski definition) is 1. The van der Waals surface area contributed by atoms with Crippen LogP contribution in [0.3, 0.4) is 0 Å². The zero-order valence-corrected chi connectivity index (χ0v) is 10.9. The highest BCUT2D eigenvalue weighted by Gasteiger charge is 2.26. The van der Waals surface area contributed by atoms with E-state index in [9.17, 15) is 9.50 Å². The summed E-state index contributed by atoms with van der Waals surface area (Å²) < 4.78 is 13.6. The average molecular weight is 244 g/mol. The van der Waals surface area contributed by atoms with Crippen LogP contribution in [-0.4, -0.2) is 5.11 Å². The molecule has 1 nitrogen and oxygen atoms in total. The van der Waals surface area contributed by atoms with Crippen molar-refractivity contribution < 1.29 is 9.50 Å². The SMILES string of the molecule is Cc1ccc(C(C)(O)c2ccc(C)c(F)c2)cc1. The molecular formula is C16H17FO. The van der Waals surface area contributed by atoms with E-state index in [1.165, 1.54) is 6.07 Å². The first kappa shape index (κ1) is 12.8. The average Bonchev–Trinajstić information content (AvgIpc) is 2.33. The molecule has 0 fully saturated rings. The number of aliphatic hydroxyl groups is 1. The molecule has 1 N–H and O–H groups in total. The van der Waals surface area contributed by atoms with Gasteiger partial charge in [-0.2, -0.15) is 0 Å². The summed E-state index contributed by atoms with van der Waals surface area (Å²) in [7, 11) is 0. The molecule has 94 valence electrons. The zero-order valence-electron chi connectivity index (χ0n) is 10.9. The Bertz CT molecular complexity index is 556. The van der Waals surface area contributed by atoms with Gasteiger partial charge in [0.1, 0.15) is 11.4 Å². The van der Waals surface area contributed by atoms with Gasteiger partial charge in [0.25, 0.3) is 0 Å². The second kappa shape index (κ2) is 4.54. The number of rotatable bonds is 2. The van der Waals surface area contributed by atoms with Crippen molar-refractivity contribution in [2.24, 2.45) is 0 Å². The maximum atomic E-state index is 13.6. The molecule has 1 atom stereocenters. The molecule has 2 aromatic rings. The highest BCUT2D eigenvalue weighted by Crippen LogP contribution is 2.30. The third-order valence-corrected chi connectivity index (χ3v) is 3.35. The first-order valence-corrected chi connectivity index (χ1v) is 5.97. The maximum Gasteiger partial charge on any atom is 0.126 e. The molecule has 0 aliphatic rings. The Hall–Kier alpha value is -1.67. The lowest BCUT2D eigenvalue weighted by atomic mass is 9.87. The standard InChI is InChI=1S/C16H17FO/c1-11-4-7-13(8-5-11)16(3,18)14-9-6-12(2)15(17)10-14/h4-10,18H,1-3H3. The van der Waals surface area contributed by atoms with E-state index >= 15 is 0 Å². The van der Waals surface area contributed by atoms with Crippen LogP contribution in [-0.2, 0) is 5.60 Å². The van der Waals surface area contributed by atoms with Gasteiger partial charge in [0.2, 0.25) is 0 Å². The summed E-state index contributed by atoms with van der Waals surface area (Å²) in [6.45, 7) is 5.38. The summed E-state index contributed by atoms with van der Waals surface area (Å²) in [6.07, 6.45) is 0. The third-order valence-electron chi connectivity index (χ3n) is 3.35. The fourth-order valence-corrected chi connectivity index (χ4v) is 1.94. The van der Waals surface area contributed by atoms with Crippen LogP contribution in [0.15, 0.2) is 42.5 Å². The van der Waals surface area contributed by atoms with E-state index in [1.54, 1.807) is 26.0 Å². The highest BCUT2D eigenvalue weighted by molar-refractivity contribution is 5.37. The fourth-order valence-electron chi connectivity index (χ4n) is 1.94. The topological polar surface area (TPSA) is 20.2 Å². The summed E-state index contributed by atoms with van der Waals surface area (Å²) in [5.74, 6) is -0.292. The maximum absolute atomic E-state index is 13.6. The van der Waals surface area contributed by atoms with Crippen LogP contribution in [0.1, 0.15) is 29.2 Å². The molecule has 18 heavy (non-hydrogen) atoms. The Morgan fingerprint density at radius 2 is 1.50 bits per heavy atom. The Morgan fingerprint density at radius 1 is 0.944 bits per heavy atom. The van der Waals surface area contributed by atoms with Crippen LogP contribution in [0.2, 0.25) is 0 Å². The lowest BCUT2D eigenvalue weighted by molar-refractivity contribution is 0.102. The van der Waals surface area contributed by atoms with Crippen molar-refractivity contribution in [1.82, 2.24) is 0 Å². The second-order valence-corrected chi connectivity index (χ2v) is 4.90. The van der Waals surface area contributed by atoms with E-state index in [0.717, 1.165) is 11.1 Å². The number of hydrogen-bond donors (Lipinski definition) is 1. The van der Waals surface area contributed by atoms with Crippen LogP contribution in [0.4, 0.5) is 4.39 Å². The largest absolute Gasteiger partial charge is 0.381 e. The Labute approximate surface area is 107 Å². The van der Waals surface area contributed by atoms with Crippen LogP contribution in [0.5, 0.6) is 0 Å². The first-order valence-electron chi connectivity index (χ1n) is 5.97. The molecule has 2 heteroatoms. The lowest BCUT2D eigenvalue weighted by Crippen LogP contribution is -2.23. The van der Waals surface area contributed by atoms with E-state index in [4.69, 9.17) is 0 Å². The molecule has 0 aliphatic heterocycles. The number of aryl methyl sites for hydroxylation is 2. The van der Waals surface area contributed by atoms with Crippen molar-refractivity contribution in [3.05, 3.63) is 70.5 Å². The minimum absolute atomic E-state index is 0.292. The van der Waals surface area contributed by atoms with Crippen LogP contribution >= 0.6 is 0 Å². The minimum Gasteiger partial charge on any atom is -0.381 e. The van der Waals surface area contributed by atoms with Gasteiger partial charge in [-0.15, -0.1) is 0 Å². The lowest BCUT2D eigenvalue weighted by Gasteiger charge is -2.25. The van der Waals surface area contributed by atoms with Crippen LogP contribution < -0.4 is 0 Å². The van der Waals surface area contributed by atoms with Gasteiger partial charge in [-0.1, -0.05) is 42.0 Å². The van der Waals surface area contributed by atoms with Crippen molar-refractivity contribution in [2.75, 3.05) is 0 Å². The van der Waals surface area contributed by atoms with E-state index in [1.807, 2.05) is 31.2 Å². The zero-order chi connectivity index (χ0) is 13.3. The van der Waals surface area contributed by atoms with Gasteiger partial charge in [0.05, 0.1) is 0 Å². The molecule has 0 amide bonds. The smallest absolute Gasteiger partial charge is 0.126 e. The Balaban J connectivity index is 2.46. The van der Waals surface area contributed by atoms with E-state index in [0.29, 0.717) is 11.1 Å². The quantitative estimate of drug-likeness (QED) is 0.854. The predicted octanol–water partition coefficient (Wildman–Crippen LogP) is 3.70. The number of halogens is 1. The third kappa shape index (κ3) is 2.29. The summed E-state index contributed by atoms with van der Waals surface area (Å²) in [5.41, 5.74) is 1.86. The van der Waals surface area contributed by atoms with E-state index in [-0.39, 0.29) is 5.82 Å². The first-order chi connectivity index (χ1) is 8.41. The van der Waals surface area contributed by atoms with Crippen LogP contribution in [0.25, 0.3) is 0 Å². The molecule has 0 radical (unpaired) electrons. The molecule has 0 aromatic heterocycles. The Morgan fingerprint density at radius 3 is 2.06 bits per heavy atom. The fraction of sp³-hybridized carbons (Fsp3) is 0.250. The van der Waals surface area contributed by atoms with Gasteiger partial charge in [-0.3, -0.25) is 0 Å². The van der Waals surface area contributed by atoms with Gasteiger partial charge in [-0.25, -0.2) is 4.39 Å². The molecule has 0 bridgehead atoms. The normalized spacial score (nSPS) is 14.3. The van der Waals surface area contributed by atoms with Crippen LogP contribution in [0, 0.1) is 19.7 Å². The van der Waals surface area contributed by atoms with Crippen molar-refractivity contribution in [1.29, 1.82) is 0 Å². The molecule has 0 spiro atoms. The molecular weight excluding hydrogens is 227 g/mol. The van der Waals surface area contributed by atoms with Crippen molar-refractivity contribution >= 4 is 0 Å².